The van der Waals surface area contributed by atoms with Crippen LogP contribution in [0.3, 0.4) is 0 Å². The van der Waals surface area contributed by atoms with E-state index in [-0.39, 0.29) is 5.97 Å². The van der Waals surface area contributed by atoms with E-state index in [1.165, 1.54) is 0 Å². The third kappa shape index (κ3) is 3.76. The van der Waals surface area contributed by atoms with Crippen LogP contribution in [0.25, 0.3) is 0 Å². The van der Waals surface area contributed by atoms with Gasteiger partial charge in [0.25, 0.3) is 0 Å². The monoisotopic (exact) mass is 127 g/mol. The number of rotatable bonds is 2. The zero-order chi connectivity index (χ0) is 7.44. The van der Waals surface area contributed by atoms with Gasteiger partial charge in [0.15, 0.2) is 0 Å². The maximum absolute atomic E-state index is 10.6. The molecule has 0 saturated heterocycles. The summed E-state index contributed by atoms with van der Waals surface area (Å²) in [5.41, 5.74) is 0.427. The van der Waals surface area contributed by atoms with Crippen molar-refractivity contribution in [2.75, 3.05) is 0 Å². The summed E-state index contributed by atoms with van der Waals surface area (Å²) in [6.07, 6.45) is 0.642. The predicted octanol–water partition coefficient (Wildman–Crippen LogP) is 1.68. The minimum Gasteiger partial charge on any atom is -0.452 e. The van der Waals surface area contributed by atoms with Crippen LogP contribution in [-0.4, -0.2) is 5.97 Å². The molecule has 0 rings (SSSR count). The first-order valence-electron chi connectivity index (χ1n) is 2.72. The molecule has 9 heavy (non-hydrogen) atoms. The van der Waals surface area contributed by atoms with Crippen LogP contribution in [0.2, 0.25) is 0 Å². The van der Waals surface area contributed by atoms with Gasteiger partial charge in [-0.05, 0) is 20.8 Å². The molecule has 0 heterocycles. The first-order chi connectivity index (χ1) is 4.04. The van der Waals surface area contributed by atoms with Crippen LogP contribution >= 0.6 is 0 Å². The van der Waals surface area contributed by atoms with Crippen molar-refractivity contribution < 1.29 is 9.53 Å². The van der Waals surface area contributed by atoms with E-state index in [1.807, 2.05) is 0 Å². The minimum atomic E-state index is -0.352. The van der Waals surface area contributed by atoms with Gasteiger partial charge in [-0.15, -0.1) is 0 Å². The minimum absolute atomic E-state index is 0.352. The summed E-state index contributed by atoms with van der Waals surface area (Å²) in [5.74, 6) is -0.352. The summed E-state index contributed by atoms with van der Waals surface area (Å²) in [4.78, 5) is 10.6. The summed E-state index contributed by atoms with van der Waals surface area (Å²) in [7, 11) is 0. The van der Waals surface area contributed by atoms with E-state index >= 15 is 0 Å². The Hall–Kier alpha value is -0.790. The first kappa shape index (κ1) is 8.21. The molecule has 0 fully saturated rings. The zero-order valence-corrected chi connectivity index (χ0v) is 6.02. The van der Waals surface area contributed by atoms with E-state index in [0.717, 1.165) is 0 Å². The number of esters is 1. The topological polar surface area (TPSA) is 26.3 Å². The molecule has 0 bridgehead atoms. The fraction of sp³-hybridized carbons (Fsp3) is 0.429. The number of ether oxygens (including phenoxy) is 1. The van der Waals surface area contributed by atoms with Gasteiger partial charge in [0.05, 0.1) is 0 Å². The van der Waals surface area contributed by atoms with Crippen LogP contribution in [0.5, 0.6) is 0 Å². The van der Waals surface area contributed by atoms with Crippen molar-refractivity contribution in [2.45, 2.75) is 20.8 Å². The second-order valence-corrected chi connectivity index (χ2v) is 2.08. The smallest absolute Gasteiger partial charge is 0.333 e. The van der Waals surface area contributed by atoms with Crippen LogP contribution in [-0.2, 0) is 9.53 Å². The number of carbonyl (C=O) groups is 1. The zero-order valence-electron chi connectivity index (χ0n) is 6.02. The van der Waals surface area contributed by atoms with Gasteiger partial charge in [-0.1, -0.05) is 6.58 Å². The molecule has 0 spiro atoms. The normalized spacial score (nSPS) is 9.33. The van der Waals surface area contributed by atoms with Crippen molar-refractivity contribution in [3.8, 4) is 0 Å². The van der Waals surface area contributed by atoms with E-state index in [2.05, 4.69) is 11.3 Å². The van der Waals surface area contributed by atoms with Crippen LogP contribution in [0.15, 0.2) is 12.2 Å². The molecule has 0 saturated carbocycles. The van der Waals surface area contributed by atoms with E-state index in [9.17, 15) is 4.79 Å². The van der Waals surface area contributed by atoms with Gasteiger partial charge < -0.3 is 4.74 Å². The Morgan fingerprint density at radius 2 is 1.78 bits per heavy atom. The Bertz CT molecular complexity index is 125. The SMILES string of the molecule is C=C(C)C(=O)O[C](C)C. The summed E-state index contributed by atoms with van der Waals surface area (Å²) in [6.45, 7) is 8.48. The van der Waals surface area contributed by atoms with Gasteiger partial charge >= 0.3 is 5.97 Å². The largest absolute Gasteiger partial charge is 0.452 e. The van der Waals surface area contributed by atoms with Gasteiger partial charge in [0, 0.05) is 5.57 Å². The Labute approximate surface area is 55.5 Å². The van der Waals surface area contributed by atoms with Crippen molar-refractivity contribution in [3.63, 3.8) is 0 Å². The van der Waals surface area contributed by atoms with Gasteiger partial charge in [-0.25, -0.2) is 4.79 Å². The van der Waals surface area contributed by atoms with Crippen molar-refractivity contribution in [2.24, 2.45) is 0 Å². The molecule has 0 atom stereocenters. The highest BCUT2D eigenvalue weighted by atomic mass is 16.5. The summed E-state index contributed by atoms with van der Waals surface area (Å²) in [5, 5.41) is 0. The van der Waals surface area contributed by atoms with Gasteiger partial charge in [-0.3, -0.25) is 0 Å². The van der Waals surface area contributed by atoms with Crippen molar-refractivity contribution in [1.82, 2.24) is 0 Å². The molecule has 2 heteroatoms. The fourth-order valence-electron chi connectivity index (χ4n) is 0.273. The lowest BCUT2D eigenvalue weighted by atomic mass is 10.3. The fourth-order valence-corrected chi connectivity index (χ4v) is 0.273. The lowest BCUT2D eigenvalue weighted by Gasteiger charge is -2.04. The Balaban J connectivity index is 3.65. The van der Waals surface area contributed by atoms with E-state index in [4.69, 9.17) is 0 Å². The molecule has 0 aromatic carbocycles. The number of carbonyl (C=O) groups excluding carboxylic acids is 1. The number of hydrogen-bond donors (Lipinski definition) is 0. The third-order valence-corrected chi connectivity index (χ3v) is 0.645. The second-order valence-electron chi connectivity index (χ2n) is 2.08. The molecule has 0 aliphatic heterocycles. The van der Waals surface area contributed by atoms with Crippen molar-refractivity contribution >= 4 is 5.97 Å². The second kappa shape index (κ2) is 3.28. The molecule has 0 N–H and O–H groups in total. The average Bonchev–Trinajstić information content (AvgIpc) is 1.63. The maximum atomic E-state index is 10.6. The quantitative estimate of drug-likeness (QED) is 0.416. The highest BCUT2D eigenvalue weighted by molar-refractivity contribution is 5.87. The molecule has 0 aliphatic rings. The lowest BCUT2D eigenvalue weighted by molar-refractivity contribution is -0.137. The van der Waals surface area contributed by atoms with Gasteiger partial charge in [-0.2, -0.15) is 0 Å². The number of hydrogen-bond acceptors (Lipinski definition) is 2. The molecule has 2 nitrogen and oxygen atoms in total. The standard InChI is InChI=1S/C7H11O2/c1-5(2)7(8)9-6(3)4/h1H2,2-4H3. The van der Waals surface area contributed by atoms with Crippen molar-refractivity contribution in [1.29, 1.82) is 0 Å². The van der Waals surface area contributed by atoms with Gasteiger partial charge in [0.1, 0.15) is 6.10 Å². The van der Waals surface area contributed by atoms with Gasteiger partial charge in [0.2, 0.25) is 0 Å². The molecule has 51 valence electrons. The molecular formula is C7H11O2. The van der Waals surface area contributed by atoms with Crippen LogP contribution in [0.4, 0.5) is 0 Å². The first-order valence-corrected chi connectivity index (χ1v) is 2.72. The molecule has 0 amide bonds. The van der Waals surface area contributed by atoms with Crippen LogP contribution < -0.4 is 0 Å². The van der Waals surface area contributed by atoms with E-state index < -0.39 is 0 Å². The maximum Gasteiger partial charge on any atom is 0.333 e. The molecule has 0 unspecified atom stereocenters. The molecule has 0 aromatic rings. The van der Waals surface area contributed by atoms with E-state index in [0.29, 0.717) is 11.7 Å². The predicted molar refractivity (Wildman–Crippen MR) is 35.5 cm³/mol. The third-order valence-electron chi connectivity index (χ3n) is 0.645. The van der Waals surface area contributed by atoms with Crippen LogP contribution in [0, 0.1) is 6.10 Å². The average molecular weight is 127 g/mol. The summed E-state index contributed by atoms with van der Waals surface area (Å²) < 4.78 is 4.69. The molecule has 0 aliphatic carbocycles. The van der Waals surface area contributed by atoms with Crippen LogP contribution in [0.1, 0.15) is 20.8 Å². The van der Waals surface area contributed by atoms with Crippen molar-refractivity contribution in [3.05, 3.63) is 18.3 Å². The lowest BCUT2D eigenvalue weighted by Crippen LogP contribution is -2.05. The molecule has 1 radical (unpaired) electrons. The Morgan fingerprint density at radius 3 is 1.89 bits per heavy atom. The van der Waals surface area contributed by atoms with E-state index in [1.54, 1.807) is 20.8 Å². The Morgan fingerprint density at radius 1 is 1.33 bits per heavy atom. The highest BCUT2D eigenvalue weighted by Gasteiger charge is 2.04. The highest BCUT2D eigenvalue weighted by Crippen LogP contribution is 2.01. The molecular weight excluding hydrogens is 116 g/mol. The summed E-state index contributed by atoms with van der Waals surface area (Å²) >= 11 is 0. The Kier molecular flexibility index (Phi) is 2.99. The summed E-state index contributed by atoms with van der Waals surface area (Å²) in [6, 6.07) is 0. The molecule has 0 aromatic heterocycles.